The van der Waals surface area contributed by atoms with Crippen LogP contribution < -0.4 is 9.57 Å². The first-order valence-corrected chi connectivity index (χ1v) is 10.2. The monoisotopic (exact) mass is 408 g/mol. The smallest absolute Gasteiger partial charge is 0.243 e. The molecule has 0 atom stereocenters. The van der Waals surface area contributed by atoms with E-state index in [0.717, 1.165) is 4.85 Å². The molecule has 0 N–H and O–H groups in total. The van der Waals surface area contributed by atoms with Crippen LogP contribution in [0.25, 0.3) is 11.0 Å². The summed E-state index contributed by atoms with van der Waals surface area (Å²) in [5.74, 6) is -0.360. The molecular weight excluding hydrogens is 387 g/mol. The molecule has 0 spiro atoms. The molecule has 1 aromatic heterocycles. The molecule has 0 saturated carbocycles. The van der Waals surface area contributed by atoms with Crippen molar-refractivity contribution in [3.63, 3.8) is 0 Å². The van der Waals surface area contributed by atoms with E-state index in [1.54, 1.807) is 26.0 Å². The summed E-state index contributed by atoms with van der Waals surface area (Å²) in [6.07, 6.45) is 0. The highest BCUT2D eigenvalue weighted by molar-refractivity contribution is 7.89. The molecule has 150 valence electrons. The topological polar surface area (TPSA) is 86.6 Å². The Morgan fingerprint density at radius 2 is 1.89 bits per heavy atom. The minimum Gasteiger partial charge on any atom is -0.494 e. The molecule has 3 aromatic rings. The van der Waals surface area contributed by atoms with Crippen LogP contribution in [0.2, 0.25) is 0 Å². The number of methoxy groups -OCH3 is 1. The van der Waals surface area contributed by atoms with Gasteiger partial charge in [-0.25, -0.2) is 12.8 Å². The number of aromatic nitrogens is 3. The Bertz CT molecular complexity index is 1080. The summed E-state index contributed by atoms with van der Waals surface area (Å²) in [5.41, 5.74) is 1.45. The van der Waals surface area contributed by atoms with Gasteiger partial charge in [-0.2, -0.15) is 4.31 Å². The van der Waals surface area contributed by atoms with Crippen LogP contribution in [-0.4, -0.2) is 48.1 Å². The van der Waals surface area contributed by atoms with E-state index in [1.807, 2.05) is 0 Å². The SMILES string of the molecule is CCN(CC)S(=O)(=O)c1ccc2nnn(OCc3ccc(OC)c(F)c3)c2c1. The van der Waals surface area contributed by atoms with E-state index < -0.39 is 15.8 Å². The fourth-order valence-electron chi connectivity index (χ4n) is 2.78. The summed E-state index contributed by atoms with van der Waals surface area (Å²) in [7, 11) is -2.23. The van der Waals surface area contributed by atoms with Crippen LogP contribution in [0, 0.1) is 5.82 Å². The standard InChI is InChI=1S/C18H21FN4O4S/c1-4-22(5-2)28(24,25)14-7-8-16-17(11-14)23(21-20-16)27-12-13-6-9-18(26-3)15(19)10-13/h6-11H,4-5,12H2,1-3H3. The van der Waals surface area contributed by atoms with Crippen LogP contribution in [0.15, 0.2) is 41.3 Å². The van der Waals surface area contributed by atoms with Crippen molar-refractivity contribution in [3.8, 4) is 5.75 Å². The second-order valence-electron chi connectivity index (χ2n) is 5.94. The maximum absolute atomic E-state index is 13.8. The second-order valence-corrected chi connectivity index (χ2v) is 7.88. The van der Waals surface area contributed by atoms with Gasteiger partial charge >= 0.3 is 0 Å². The Hall–Kier alpha value is -2.72. The highest BCUT2D eigenvalue weighted by atomic mass is 32.2. The first kappa shape index (κ1) is 20.0. The summed E-state index contributed by atoms with van der Waals surface area (Å²) in [6, 6.07) is 9.00. The summed E-state index contributed by atoms with van der Waals surface area (Å²) in [6.45, 7) is 4.32. The van der Waals surface area contributed by atoms with Gasteiger partial charge in [-0.05, 0) is 41.1 Å². The summed E-state index contributed by atoms with van der Waals surface area (Å²) in [4.78, 5) is 6.85. The molecule has 0 amide bonds. The number of fused-ring (bicyclic) bond motifs is 1. The van der Waals surface area contributed by atoms with Crippen molar-refractivity contribution in [2.45, 2.75) is 25.3 Å². The van der Waals surface area contributed by atoms with E-state index in [2.05, 4.69) is 10.3 Å². The number of nitrogens with zero attached hydrogens (tertiary/aromatic N) is 4. The zero-order chi connectivity index (χ0) is 20.3. The molecule has 0 saturated heterocycles. The zero-order valence-corrected chi connectivity index (χ0v) is 16.6. The van der Waals surface area contributed by atoms with E-state index >= 15 is 0 Å². The van der Waals surface area contributed by atoms with Crippen LogP contribution in [0.3, 0.4) is 0 Å². The lowest BCUT2D eigenvalue weighted by Gasteiger charge is -2.18. The highest BCUT2D eigenvalue weighted by Crippen LogP contribution is 2.21. The van der Waals surface area contributed by atoms with Crippen LogP contribution in [0.5, 0.6) is 5.75 Å². The Morgan fingerprint density at radius 3 is 2.54 bits per heavy atom. The fraction of sp³-hybridized carbons (Fsp3) is 0.333. The van der Waals surface area contributed by atoms with Crippen LogP contribution in [0.1, 0.15) is 19.4 Å². The summed E-state index contributed by atoms with van der Waals surface area (Å²) < 4.78 is 45.5. The normalized spacial score (nSPS) is 11.9. The maximum atomic E-state index is 13.8. The fourth-order valence-corrected chi connectivity index (χ4v) is 4.26. The van der Waals surface area contributed by atoms with Crippen molar-refractivity contribution < 1.29 is 22.4 Å². The van der Waals surface area contributed by atoms with Crippen molar-refractivity contribution in [2.75, 3.05) is 20.2 Å². The molecule has 0 aliphatic carbocycles. The van der Waals surface area contributed by atoms with Gasteiger partial charge in [-0.3, -0.25) is 0 Å². The first-order valence-electron chi connectivity index (χ1n) is 8.72. The molecule has 0 aliphatic rings. The van der Waals surface area contributed by atoms with Gasteiger partial charge in [0, 0.05) is 13.1 Å². The summed E-state index contributed by atoms with van der Waals surface area (Å²) in [5, 5.41) is 7.86. The maximum Gasteiger partial charge on any atom is 0.243 e. The lowest BCUT2D eigenvalue weighted by atomic mass is 10.2. The number of hydrogen-bond donors (Lipinski definition) is 0. The number of hydrogen-bond acceptors (Lipinski definition) is 6. The van der Waals surface area contributed by atoms with Crippen molar-refractivity contribution in [1.29, 1.82) is 0 Å². The number of rotatable bonds is 8. The van der Waals surface area contributed by atoms with Crippen LogP contribution >= 0.6 is 0 Å². The number of sulfonamides is 1. The molecule has 28 heavy (non-hydrogen) atoms. The van der Waals surface area contributed by atoms with E-state index in [9.17, 15) is 12.8 Å². The van der Waals surface area contributed by atoms with Gasteiger partial charge in [-0.15, -0.1) is 5.10 Å². The van der Waals surface area contributed by atoms with Crippen molar-refractivity contribution in [3.05, 3.63) is 47.8 Å². The first-order chi connectivity index (χ1) is 13.4. The third-order valence-corrected chi connectivity index (χ3v) is 6.35. The van der Waals surface area contributed by atoms with Crippen LogP contribution in [0.4, 0.5) is 4.39 Å². The molecule has 0 aliphatic heterocycles. The van der Waals surface area contributed by atoms with Gasteiger partial charge in [0.2, 0.25) is 10.0 Å². The molecule has 0 unspecified atom stereocenters. The zero-order valence-electron chi connectivity index (χ0n) is 15.8. The van der Waals surface area contributed by atoms with E-state index in [0.29, 0.717) is 29.7 Å². The van der Waals surface area contributed by atoms with Gasteiger partial charge < -0.3 is 9.57 Å². The van der Waals surface area contributed by atoms with Crippen molar-refractivity contribution in [2.24, 2.45) is 0 Å². The van der Waals surface area contributed by atoms with Gasteiger partial charge in [-0.1, -0.05) is 24.8 Å². The van der Waals surface area contributed by atoms with E-state index in [1.165, 1.54) is 35.7 Å². The lowest BCUT2D eigenvalue weighted by Crippen LogP contribution is -2.30. The van der Waals surface area contributed by atoms with E-state index in [4.69, 9.17) is 9.57 Å². The largest absolute Gasteiger partial charge is 0.494 e. The molecular formula is C18H21FN4O4S. The Morgan fingerprint density at radius 1 is 1.14 bits per heavy atom. The Balaban J connectivity index is 1.88. The second kappa shape index (κ2) is 8.11. The van der Waals surface area contributed by atoms with Crippen molar-refractivity contribution in [1.82, 2.24) is 19.5 Å². The molecule has 3 rings (SSSR count). The minimum absolute atomic E-state index is 0.0202. The average Bonchev–Trinajstić information content (AvgIpc) is 3.09. The van der Waals surface area contributed by atoms with Crippen LogP contribution in [-0.2, 0) is 16.6 Å². The molecule has 0 fully saturated rings. The Labute approximate surface area is 162 Å². The molecule has 1 heterocycles. The Kier molecular flexibility index (Phi) is 5.80. The third kappa shape index (κ3) is 3.78. The number of ether oxygens (including phenoxy) is 1. The van der Waals surface area contributed by atoms with Gasteiger partial charge in [0.05, 0.1) is 12.0 Å². The number of halogens is 1. The molecule has 2 aromatic carbocycles. The highest BCUT2D eigenvalue weighted by Gasteiger charge is 2.23. The molecule has 0 bridgehead atoms. The predicted octanol–water partition coefficient (Wildman–Crippen LogP) is 2.24. The number of benzene rings is 2. The minimum atomic E-state index is -3.62. The summed E-state index contributed by atoms with van der Waals surface area (Å²) >= 11 is 0. The molecule has 8 nitrogen and oxygen atoms in total. The lowest BCUT2D eigenvalue weighted by molar-refractivity contribution is 0.0749. The predicted molar refractivity (Wildman–Crippen MR) is 101 cm³/mol. The molecule has 10 heteroatoms. The van der Waals surface area contributed by atoms with Crippen molar-refractivity contribution >= 4 is 21.1 Å². The molecule has 0 radical (unpaired) electrons. The quantitative estimate of drug-likeness (QED) is 0.568. The van der Waals surface area contributed by atoms with Gasteiger partial charge in [0.25, 0.3) is 0 Å². The van der Waals surface area contributed by atoms with Gasteiger partial charge in [0.1, 0.15) is 17.6 Å². The van der Waals surface area contributed by atoms with E-state index in [-0.39, 0.29) is 17.3 Å². The third-order valence-electron chi connectivity index (χ3n) is 4.30. The average molecular weight is 408 g/mol. The van der Waals surface area contributed by atoms with Gasteiger partial charge in [0.15, 0.2) is 11.6 Å².